The summed E-state index contributed by atoms with van der Waals surface area (Å²) in [6.45, 7) is 5.56. The van der Waals surface area contributed by atoms with Gasteiger partial charge in [0, 0.05) is 18.2 Å². The number of aromatic hydroxyl groups is 1. The molecule has 1 saturated heterocycles. The lowest BCUT2D eigenvalue weighted by atomic mass is 9.67. The van der Waals surface area contributed by atoms with E-state index >= 15 is 0 Å². The van der Waals surface area contributed by atoms with E-state index < -0.39 is 23.9 Å². The van der Waals surface area contributed by atoms with Gasteiger partial charge in [0.15, 0.2) is 0 Å². The Morgan fingerprint density at radius 1 is 1.09 bits per heavy atom. The van der Waals surface area contributed by atoms with Crippen LogP contribution in [0.25, 0.3) is 11.6 Å². The second-order valence-electron chi connectivity index (χ2n) is 12.7. The first-order chi connectivity index (χ1) is 20.7. The number of aliphatic hydroxyl groups is 2. The SMILES string of the molecule is CCCC1=C([C@H](O)CC/C(=C/c2cc(C)c(O)c(C)c2)c2ccccn2)[C@H](CO)[C@@H]2C(=O)N(C3CCCCC3)C(=O)[C@@H]2C1. The summed E-state index contributed by atoms with van der Waals surface area (Å²) in [6, 6.07) is 9.59. The highest BCUT2D eigenvalue weighted by molar-refractivity contribution is 6.06. The Labute approximate surface area is 255 Å². The first kappa shape index (κ1) is 31.1. The zero-order valence-electron chi connectivity index (χ0n) is 25.8. The predicted molar refractivity (Wildman–Crippen MR) is 168 cm³/mol. The number of hydrogen-bond donors (Lipinski definition) is 3. The highest BCUT2D eigenvalue weighted by Gasteiger charge is 2.56. The van der Waals surface area contributed by atoms with Crippen molar-refractivity contribution < 1.29 is 24.9 Å². The van der Waals surface area contributed by atoms with E-state index in [1.807, 2.05) is 44.2 Å². The maximum Gasteiger partial charge on any atom is 0.234 e. The molecule has 3 N–H and O–H groups in total. The largest absolute Gasteiger partial charge is 0.507 e. The number of carbonyl (C=O) groups is 2. The van der Waals surface area contributed by atoms with E-state index in [1.54, 1.807) is 11.1 Å². The minimum atomic E-state index is -0.860. The zero-order chi connectivity index (χ0) is 30.7. The van der Waals surface area contributed by atoms with Crippen LogP contribution < -0.4 is 0 Å². The van der Waals surface area contributed by atoms with Gasteiger partial charge < -0.3 is 15.3 Å². The first-order valence-corrected chi connectivity index (χ1v) is 16.0. The van der Waals surface area contributed by atoms with Crippen LogP contribution in [0.5, 0.6) is 5.75 Å². The van der Waals surface area contributed by atoms with Crippen LogP contribution in [0.15, 0.2) is 47.7 Å². The molecule has 2 aliphatic carbocycles. The van der Waals surface area contributed by atoms with E-state index in [1.165, 1.54) is 0 Å². The number of aliphatic hydroxyl groups excluding tert-OH is 2. The highest BCUT2D eigenvalue weighted by atomic mass is 16.3. The second kappa shape index (κ2) is 13.6. The van der Waals surface area contributed by atoms with Gasteiger partial charge in [0.1, 0.15) is 5.75 Å². The molecular weight excluding hydrogens is 540 g/mol. The van der Waals surface area contributed by atoms with Gasteiger partial charge in [-0.2, -0.15) is 0 Å². The molecule has 2 fully saturated rings. The second-order valence-corrected chi connectivity index (χ2v) is 12.7. The number of aryl methyl sites for hydroxylation is 2. The van der Waals surface area contributed by atoms with Crippen molar-refractivity contribution in [1.82, 2.24) is 9.88 Å². The van der Waals surface area contributed by atoms with E-state index in [4.69, 9.17) is 0 Å². The van der Waals surface area contributed by atoms with Gasteiger partial charge in [0.2, 0.25) is 11.8 Å². The van der Waals surface area contributed by atoms with Gasteiger partial charge >= 0.3 is 0 Å². The average Bonchev–Trinajstić information content (AvgIpc) is 3.26. The zero-order valence-corrected chi connectivity index (χ0v) is 25.8. The summed E-state index contributed by atoms with van der Waals surface area (Å²) in [5.74, 6) is -1.58. The fourth-order valence-corrected chi connectivity index (χ4v) is 7.77. The molecule has 0 radical (unpaired) electrons. The Morgan fingerprint density at radius 2 is 1.81 bits per heavy atom. The number of fused-ring (bicyclic) bond motifs is 1. The molecule has 1 aromatic carbocycles. The van der Waals surface area contributed by atoms with Crippen molar-refractivity contribution in [3.8, 4) is 5.75 Å². The number of carbonyl (C=O) groups excluding carboxylic acids is 2. The lowest BCUT2D eigenvalue weighted by Gasteiger charge is -2.36. The van der Waals surface area contributed by atoms with Crippen LogP contribution in [0.1, 0.15) is 93.5 Å². The van der Waals surface area contributed by atoms with Gasteiger partial charge in [-0.05, 0) is 111 Å². The molecule has 0 unspecified atom stereocenters. The monoisotopic (exact) mass is 586 g/mol. The number of likely N-dealkylation sites (tertiary alicyclic amines) is 1. The molecule has 0 spiro atoms. The maximum atomic E-state index is 13.8. The number of rotatable bonds is 10. The van der Waals surface area contributed by atoms with Crippen LogP contribution in [-0.2, 0) is 9.59 Å². The Kier molecular flexibility index (Phi) is 9.82. The minimum absolute atomic E-state index is 0.0417. The number of phenols is 1. The average molecular weight is 587 g/mol. The molecule has 0 bridgehead atoms. The van der Waals surface area contributed by atoms with E-state index in [9.17, 15) is 24.9 Å². The number of pyridine rings is 1. The molecule has 1 saturated carbocycles. The fraction of sp³-hybridized carbons (Fsp3) is 0.528. The molecule has 3 aliphatic rings. The Balaban J connectivity index is 1.43. The number of aromatic nitrogens is 1. The standard InChI is InChI=1S/C36H46N2O5/c1-4-10-26-20-28-33(36(43)38(35(28)42)27-11-6-5-7-12-27)29(21-39)32(26)31(40)15-14-25(30-13-8-9-16-37-30)19-24-17-22(2)34(41)23(3)18-24/h8-9,13,16-19,27-29,31,33,39-41H,4-7,10-12,14-15,20-21H2,1-3H3/b25-19-/t28-,29+,31-,33-/m1/s1. The first-order valence-electron chi connectivity index (χ1n) is 16.0. The molecule has 230 valence electrons. The van der Waals surface area contributed by atoms with Crippen LogP contribution in [-0.4, -0.2) is 55.8 Å². The number of benzene rings is 1. The number of allylic oxidation sites excluding steroid dienone is 2. The van der Waals surface area contributed by atoms with Crippen LogP contribution >= 0.6 is 0 Å². The summed E-state index contributed by atoms with van der Waals surface area (Å²) in [7, 11) is 0. The van der Waals surface area contributed by atoms with E-state index in [2.05, 4.69) is 18.0 Å². The molecule has 2 amide bonds. The van der Waals surface area contributed by atoms with Gasteiger partial charge in [-0.1, -0.05) is 44.2 Å². The maximum absolute atomic E-state index is 13.8. The quantitative estimate of drug-likeness (QED) is 0.228. The molecule has 2 aromatic rings. The van der Waals surface area contributed by atoms with Crippen LogP contribution in [0.4, 0.5) is 0 Å². The van der Waals surface area contributed by atoms with Gasteiger partial charge in [0.25, 0.3) is 0 Å². The lowest BCUT2D eigenvalue weighted by molar-refractivity contribution is -0.143. The Bertz CT molecular complexity index is 1370. The summed E-state index contributed by atoms with van der Waals surface area (Å²) in [5, 5.41) is 32.8. The molecule has 7 nitrogen and oxygen atoms in total. The van der Waals surface area contributed by atoms with Gasteiger partial charge in [-0.25, -0.2) is 0 Å². The third-order valence-electron chi connectivity index (χ3n) is 9.80. The highest BCUT2D eigenvalue weighted by Crippen LogP contribution is 2.48. The molecular formula is C36H46N2O5. The third kappa shape index (κ3) is 6.34. The number of hydrogen-bond acceptors (Lipinski definition) is 6. The molecule has 2 heterocycles. The van der Waals surface area contributed by atoms with Crippen molar-refractivity contribution in [2.24, 2.45) is 17.8 Å². The smallest absolute Gasteiger partial charge is 0.234 e. The summed E-state index contributed by atoms with van der Waals surface area (Å²) >= 11 is 0. The van der Waals surface area contributed by atoms with Gasteiger partial charge in [-0.15, -0.1) is 0 Å². The Hall–Kier alpha value is -3.29. The van der Waals surface area contributed by atoms with Crippen LogP contribution in [0, 0.1) is 31.6 Å². The number of imide groups is 1. The molecule has 1 aromatic heterocycles. The van der Waals surface area contributed by atoms with Gasteiger partial charge in [0.05, 0.1) is 30.2 Å². The molecule has 7 heteroatoms. The predicted octanol–water partition coefficient (Wildman–Crippen LogP) is 6.13. The summed E-state index contributed by atoms with van der Waals surface area (Å²) in [4.78, 5) is 33.6. The lowest BCUT2D eigenvalue weighted by Crippen LogP contribution is -2.42. The van der Waals surface area contributed by atoms with Gasteiger partial charge in [-0.3, -0.25) is 19.5 Å². The van der Waals surface area contributed by atoms with Crippen molar-refractivity contribution in [2.75, 3.05) is 6.61 Å². The van der Waals surface area contributed by atoms with Crippen molar-refractivity contribution in [2.45, 2.75) is 97.1 Å². The summed E-state index contributed by atoms with van der Waals surface area (Å²) in [5.41, 5.74) is 6.07. The number of phenolic OH excluding ortho intramolecular Hbond substituents is 1. The van der Waals surface area contributed by atoms with Crippen molar-refractivity contribution in [3.05, 3.63) is 70.1 Å². The molecule has 1 aliphatic heterocycles. The van der Waals surface area contributed by atoms with Crippen molar-refractivity contribution in [3.63, 3.8) is 0 Å². The van der Waals surface area contributed by atoms with E-state index in [0.717, 1.165) is 84.0 Å². The number of nitrogens with zero attached hydrogens (tertiary/aromatic N) is 2. The fourth-order valence-electron chi connectivity index (χ4n) is 7.77. The van der Waals surface area contributed by atoms with Crippen LogP contribution in [0.2, 0.25) is 0 Å². The van der Waals surface area contributed by atoms with E-state index in [0.29, 0.717) is 19.3 Å². The van der Waals surface area contributed by atoms with Crippen LogP contribution in [0.3, 0.4) is 0 Å². The number of amides is 2. The summed E-state index contributed by atoms with van der Waals surface area (Å²) < 4.78 is 0. The normalized spacial score (nSPS) is 24.1. The molecule has 4 atom stereocenters. The summed E-state index contributed by atoms with van der Waals surface area (Å²) in [6.07, 6.45) is 10.8. The Morgan fingerprint density at radius 3 is 2.44 bits per heavy atom. The topological polar surface area (TPSA) is 111 Å². The third-order valence-corrected chi connectivity index (χ3v) is 9.80. The minimum Gasteiger partial charge on any atom is -0.507 e. The molecule has 43 heavy (non-hydrogen) atoms. The van der Waals surface area contributed by atoms with E-state index in [-0.39, 0.29) is 30.2 Å². The van der Waals surface area contributed by atoms with Crippen molar-refractivity contribution >= 4 is 23.5 Å². The molecule has 5 rings (SSSR count). The van der Waals surface area contributed by atoms with Crippen molar-refractivity contribution in [1.29, 1.82) is 0 Å².